The Bertz CT molecular complexity index is 462. The van der Waals surface area contributed by atoms with Gasteiger partial charge in [0.1, 0.15) is 0 Å². The Balaban J connectivity index is 1.57. The van der Waals surface area contributed by atoms with Gasteiger partial charge in [0.05, 0.1) is 28.8 Å². The van der Waals surface area contributed by atoms with Crippen molar-refractivity contribution in [3.63, 3.8) is 0 Å². The first-order valence-corrected chi connectivity index (χ1v) is 7.52. The summed E-state index contributed by atoms with van der Waals surface area (Å²) in [7, 11) is 0. The molecule has 0 N–H and O–H groups in total. The van der Waals surface area contributed by atoms with Gasteiger partial charge in [-0.15, -0.1) is 11.8 Å². The maximum absolute atomic E-state index is 12.2. The van der Waals surface area contributed by atoms with E-state index in [9.17, 15) is 4.79 Å². The Labute approximate surface area is 116 Å². The zero-order valence-electron chi connectivity index (χ0n) is 10.9. The summed E-state index contributed by atoms with van der Waals surface area (Å²) in [6.07, 6.45) is 4.50. The predicted octanol–water partition coefficient (Wildman–Crippen LogP) is 1.21. The Morgan fingerprint density at radius 2 is 2.42 bits per heavy atom. The fourth-order valence-corrected chi connectivity index (χ4v) is 4.31. The number of nitrogens with zero attached hydrogens (tertiary/aromatic N) is 3. The number of amides is 1. The lowest BCUT2D eigenvalue weighted by Crippen LogP contribution is -2.60. The van der Waals surface area contributed by atoms with Crippen molar-refractivity contribution < 1.29 is 9.53 Å². The van der Waals surface area contributed by atoms with Crippen LogP contribution in [-0.4, -0.2) is 57.3 Å². The first-order valence-electron chi connectivity index (χ1n) is 6.54. The number of ether oxygens (including phenoxy) is 1. The van der Waals surface area contributed by atoms with Crippen molar-refractivity contribution in [3.8, 4) is 0 Å². The number of aromatic nitrogens is 2. The lowest BCUT2D eigenvalue weighted by Gasteiger charge is -2.47. The molecular weight excluding hydrogens is 262 g/mol. The zero-order chi connectivity index (χ0) is 13.3. The van der Waals surface area contributed by atoms with Crippen LogP contribution >= 0.6 is 11.8 Å². The molecule has 0 aromatic carbocycles. The number of thioether (sulfide) groups is 1. The molecule has 2 fully saturated rings. The molecule has 1 amide bonds. The van der Waals surface area contributed by atoms with Crippen LogP contribution in [0.15, 0.2) is 18.5 Å². The zero-order valence-corrected chi connectivity index (χ0v) is 11.7. The minimum absolute atomic E-state index is 0.0565. The highest BCUT2D eigenvalue weighted by atomic mass is 32.2. The van der Waals surface area contributed by atoms with Gasteiger partial charge in [0.25, 0.3) is 5.91 Å². The van der Waals surface area contributed by atoms with Crippen molar-refractivity contribution in [3.05, 3.63) is 24.0 Å². The molecule has 0 radical (unpaired) electrons. The minimum atomic E-state index is 0.0565. The molecule has 3 heterocycles. The number of carbonyl (C=O) groups is 1. The van der Waals surface area contributed by atoms with Crippen LogP contribution in [0.3, 0.4) is 0 Å². The summed E-state index contributed by atoms with van der Waals surface area (Å²) in [4.78, 5) is 14.1. The number of hydrogen-bond acceptors (Lipinski definition) is 5. The molecule has 102 valence electrons. The second kappa shape index (κ2) is 5.09. The molecule has 2 saturated heterocycles. The summed E-state index contributed by atoms with van der Waals surface area (Å²) in [5, 5.41) is 7.44. The fourth-order valence-electron chi connectivity index (χ4n) is 2.76. The first kappa shape index (κ1) is 12.9. The van der Waals surface area contributed by atoms with Gasteiger partial charge in [-0.2, -0.15) is 10.2 Å². The topological polar surface area (TPSA) is 55.3 Å². The van der Waals surface area contributed by atoms with Gasteiger partial charge in [0, 0.05) is 25.4 Å². The molecule has 2 aliphatic rings. The molecule has 2 aliphatic heterocycles. The van der Waals surface area contributed by atoms with E-state index < -0.39 is 0 Å². The fraction of sp³-hybridized carbons (Fsp3) is 0.615. The van der Waals surface area contributed by atoms with E-state index in [1.54, 1.807) is 12.3 Å². The number of likely N-dealkylation sites (tertiary alicyclic amines) is 1. The van der Waals surface area contributed by atoms with Crippen LogP contribution in [0.1, 0.15) is 23.7 Å². The van der Waals surface area contributed by atoms with Gasteiger partial charge >= 0.3 is 0 Å². The van der Waals surface area contributed by atoms with Gasteiger partial charge in [-0.25, -0.2) is 0 Å². The monoisotopic (exact) mass is 279 g/mol. The lowest BCUT2D eigenvalue weighted by atomic mass is 9.92. The number of carbonyl (C=O) groups excluding carboxylic acids is 1. The van der Waals surface area contributed by atoms with Gasteiger partial charge < -0.3 is 9.64 Å². The smallest absolute Gasteiger partial charge is 0.255 e. The molecule has 1 atom stereocenters. The van der Waals surface area contributed by atoms with Gasteiger partial charge in [-0.3, -0.25) is 4.79 Å². The Kier molecular flexibility index (Phi) is 3.45. The highest BCUT2D eigenvalue weighted by Crippen LogP contribution is 2.46. The summed E-state index contributed by atoms with van der Waals surface area (Å²) in [5.41, 5.74) is 0.620. The van der Waals surface area contributed by atoms with E-state index in [1.807, 2.05) is 23.6 Å². The molecule has 5 nitrogen and oxygen atoms in total. The summed E-state index contributed by atoms with van der Waals surface area (Å²) in [6.45, 7) is 4.44. The Morgan fingerprint density at radius 3 is 3.11 bits per heavy atom. The summed E-state index contributed by atoms with van der Waals surface area (Å²) in [6, 6.07) is 1.71. The number of rotatable bonds is 3. The molecule has 0 saturated carbocycles. The SMILES string of the molecule is CCOC1CSC2(C1)CN(C(=O)c1ccnnc1)C2. The van der Waals surface area contributed by atoms with Crippen molar-refractivity contribution in [1.82, 2.24) is 15.1 Å². The third-order valence-electron chi connectivity index (χ3n) is 3.65. The van der Waals surface area contributed by atoms with E-state index in [-0.39, 0.29) is 10.7 Å². The van der Waals surface area contributed by atoms with Crippen LogP contribution < -0.4 is 0 Å². The molecular formula is C13H17N3O2S. The van der Waals surface area contributed by atoms with Gasteiger partial charge in [0.2, 0.25) is 0 Å². The standard InChI is InChI=1S/C13H17N3O2S/c1-2-18-11-5-13(19-7-11)8-16(9-13)12(17)10-3-4-14-15-6-10/h3-4,6,11H,2,5,7-9H2,1H3. The Hall–Kier alpha value is -1.14. The van der Waals surface area contributed by atoms with Gasteiger partial charge in [-0.1, -0.05) is 0 Å². The van der Waals surface area contributed by atoms with E-state index in [4.69, 9.17) is 4.74 Å². The molecule has 0 bridgehead atoms. The molecule has 1 spiro atoms. The van der Waals surface area contributed by atoms with Crippen molar-refractivity contribution in [1.29, 1.82) is 0 Å². The normalized spacial score (nSPS) is 24.5. The summed E-state index contributed by atoms with van der Waals surface area (Å²) in [5.74, 6) is 1.10. The highest BCUT2D eigenvalue weighted by molar-refractivity contribution is 8.01. The number of hydrogen-bond donors (Lipinski definition) is 0. The molecule has 6 heteroatoms. The maximum Gasteiger partial charge on any atom is 0.255 e. The van der Waals surface area contributed by atoms with Gasteiger partial charge in [-0.05, 0) is 19.4 Å². The van der Waals surface area contributed by atoms with Crippen LogP contribution in [0.2, 0.25) is 0 Å². The Morgan fingerprint density at radius 1 is 1.58 bits per heavy atom. The highest BCUT2D eigenvalue weighted by Gasteiger charge is 2.50. The van der Waals surface area contributed by atoms with E-state index in [2.05, 4.69) is 10.2 Å². The minimum Gasteiger partial charge on any atom is -0.378 e. The van der Waals surface area contributed by atoms with Crippen LogP contribution in [0.25, 0.3) is 0 Å². The first-order chi connectivity index (χ1) is 9.22. The average Bonchev–Trinajstić information content (AvgIpc) is 2.82. The van der Waals surface area contributed by atoms with Crippen LogP contribution in [0, 0.1) is 0 Å². The largest absolute Gasteiger partial charge is 0.378 e. The quantitative estimate of drug-likeness (QED) is 0.832. The van der Waals surface area contributed by atoms with Crippen LogP contribution in [0.4, 0.5) is 0 Å². The van der Waals surface area contributed by atoms with E-state index in [0.717, 1.165) is 31.9 Å². The third-order valence-corrected chi connectivity index (χ3v) is 5.23. The molecule has 1 unspecified atom stereocenters. The second-order valence-electron chi connectivity index (χ2n) is 5.07. The van der Waals surface area contributed by atoms with Crippen LogP contribution in [-0.2, 0) is 4.74 Å². The van der Waals surface area contributed by atoms with E-state index >= 15 is 0 Å². The summed E-state index contributed by atoms with van der Waals surface area (Å²) < 4.78 is 5.90. The second-order valence-corrected chi connectivity index (χ2v) is 6.56. The lowest BCUT2D eigenvalue weighted by molar-refractivity contribution is 0.0358. The van der Waals surface area contributed by atoms with Crippen molar-refractivity contribution in [2.45, 2.75) is 24.2 Å². The molecule has 19 heavy (non-hydrogen) atoms. The van der Waals surface area contributed by atoms with E-state index in [0.29, 0.717) is 11.7 Å². The predicted molar refractivity (Wildman–Crippen MR) is 73.2 cm³/mol. The van der Waals surface area contributed by atoms with Crippen molar-refractivity contribution >= 4 is 17.7 Å². The molecule has 1 aromatic heterocycles. The molecule has 3 rings (SSSR count). The van der Waals surface area contributed by atoms with Crippen molar-refractivity contribution in [2.24, 2.45) is 0 Å². The van der Waals surface area contributed by atoms with Crippen LogP contribution in [0.5, 0.6) is 0 Å². The van der Waals surface area contributed by atoms with Crippen molar-refractivity contribution in [2.75, 3.05) is 25.4 Å². The maximum atomic E-state index is 12.2. The molecule has 0 aliphatic carbocycles. The summed E-state index contributed by atoms with van der Waals surface area (Å²) >= 11 is 1.95. The average molecular weight is 279 g/mol. The molecule has 1 aromatic rings. The third kappa shape index (κ3) is 2.47. The van der Waals surface area contributed by atoms with Gasteiger partial charge in [0.15, 0.2) is 0 Å². The van der Waals surface area contributed by atoms with E-state index in [1.165, 1.54) is 6.20 Å².